The van der Waals surface area contributed by atoms with Gasteiger partial charge in [-0.1, -0.05) is 0 Å². The standard InChI is InChI=1S/C5H12N2O2/c1-4(8)3-7-5(9)2-6/h4,8H,2-3,6H2,1H3,(H,7,9). The lowest BCUT2D eigenvalue weighted by Gasteiger charge is -2.03. The van der Waals surface area contributed by atoms with E-state index >= 15 is 0 Å². The molecule has 1 amide bonds. The van der Waals surface area contributed by atoms with Crippen molar-refractivity contribution < 1.29 is 9.90 Å². The average molecular weight is 132 g/mol. The molecular weight excluding hydrogens is 120 g/mol. The minimum absolute atomic E-state index is 0.0211. The van der Waals surface area contributed by atoms with Gasteiger partial charge in [-0.15, -0.1) is 0 Å². The largest absolute Gasteiger partial charge is 0.392 e. The van der Waals surface area contributed by atoms with Crippen molar-refractivity contribution in [1.82, 2.24) is 5.32 Å². The topological polar surface area (TPSA) is 75.3 Å². The van der Waals surface area contributed by atoms with Crippen molar-refractivity contribution in [2.75, 3.05) is 13.1 Å². The number of aliphatic hydroxyl groups excluding tert-OH is 1. The quantitative estimate of drug-likeness (QED) is 0.435. The fourth-order valence-corrected chi connectivity index (χ4v) is 0.334. The van der Waals surface area contributed by atoms with Crippen molar-refractivity contribution in [2.45, 2.75) is 13.0 Å². The molecule has 0 heterocycles. The van der Waals surface area contributed by atoms with Crippen LogP contribution in [0, 0.1) is 0 Å². The van der Waals surface area contributed by atoms with E-state index in [1.54, 1.807) is 6.92 Å². The molecule has 0 spiro atoms. The van der Waals surface area contributed by atoms with Crippen molar-refractivity contribution in [3.63, 3.8) is 0 Å². The second-order valence-electron chi connectivity index (χ2n) is 1.86. The fourth-order valence-electron chi connectivity index (χ4n) is 0.334. The minimum atomic E-state index is -0.500. The van der Waals surface area contributed by atoms with Crippen LogP contribution < -0.4 is 11.1 Å². The zero-order valence-electron chi connectivity index (χ0n) is 5.42. The molecule has 0 aromatic carbocycles. The van der Waals surface area contributed by atoms with Crippen LogP contribution in [-0.2, 0) is 4.79 Å². The number of carbonyl (C=O) groups is 1. The molecule has 54 valence electrons. The first kappa shape index (κ1) is 8.39. The third kappa shape index (κ3) is 5.26. The molecule has 0 aromatic heterocycles. The van der Waals surface area contributed by atoms with E-state index in [0.717, 1.165) is 0 Å². The summed E-state index contributed by atoms with van der Waals surface area (Å²) < 4.78 is 0. The monoisotopic (exact) mass is 132 g/mol. The van der Waals surface area contributed by atoms with Crippen LogP contribution in [0.2, 0.25) is 0 Å². The lowest BCUT2D eigenvalue weighted by molar-refractivity contribution is -0.120. The number of hydrogen-bond donors (Lipinski definition) is 3. The highest BCUT2D eigenvalue weighted by molar-refractivity contribution is 5.77. The van der Waals surface area contributed by atoms with E-state index in [9.17, 15) is 4.79 Å². The summed E-state index contributed by atoms with van der Waals surface area (Å²) in [6.07, 6.45) is -0.500. The highest BCUT2D eigenvalue weighted by Gasteiger charge is 1.97. The van der Waals surface area contributed by atoms with Gasteiger partial charge >= 0.3 is 0 Å². The molecule has 0 aromatic rings. The van der Waals surface area contributed by atoms with Crippen molar-refractivity contribution in [3.05, 3.63) is 0 Å². The molecule has 1 atom stereocenters. The first-order chi connectivity index (χ1) is 4.16. The third-order valence-corrected chi connectivity index (χ3v) is 0.780. The van der Waals surface area contributed by atoms with Crippen LogP contribution in [0.4, 0.5) is 0 Å². The molecule has 0 aliphatic carbocycles. The highest BCUT2D eigenvalue weighted by atomic mass is 16.3. The number of carbonyl (C=O) groups excluding carboxylic acids is 1. The first-order valence-electron chi connectivity index (χ1n) is 2.81. The van der Waals surface area contributed by atoms with E-state index in [0.29, 0.717) is 0 Å². The molecule has 0 fully saturated rings. The molecule has 0 saturated carbocycles. The molecular formula is C5H12N2O2. The maximum absolute atomic E-state index is 10.4. The Balaban J connectivity index is 3.17. The van der Waals surface area contributed by atoms with E-state index in [2.05, 4.69) is 5.32 Å². The maximum Gasteiger partial charge on any atom is 0.233 e. The van der Waals surface area contributed by atoms with Gasteiger partial charge in [0.05, 0.1) is 12.6 Å². The molecule has 0 rings (SSSR count). The second-order valence-corrected chi connectivity index (χ2v) is 1.86. The van der Waals surface area contributed by atoms with Crippen LogP contribution in [-0.4, -0.2) is 30.2 Å². The lowest BCUT2D eigenvalue weighted by atomic mass is 10.4. The number of hydrogen-bond acceptors (Lipinski definition) is 3. The summed E-state index contributed by atoms with van der Waals surface area (Å²) in [5.74, 6) is -0.240. The van der Waals surface area contributed by atoms with Gasteiger partial charge in [-0.3, -0.25) is 4.79 Å². The van der Waals surface area contributed by atoms with Gasteiger partial charge in [-0.2, -0.15) is 0 Å². The molecule has 4 N–H and O–H groups in total. The second kappa shape index (κ2) is 4.29. The van der Waals surface area contributed by atoms with Crippen molar-refractivity contribution >= 4 is 5.91 Å². The Hall–Kier alpha value is -0.610. The van der Waals surface area contributed by atoms with Crippen molar-refractivity contribution in [1.29, 1.82) is 0 Å². The van der Waals surface area contributed by atoms with Gasteiger partial charge < -0.3 is 16.2 Å². The maximum atomic E-state index is 10.4. The van der Waals surface area contributed by atoms with Gasteiger partial charge in [-0.25, -0.2) is 0 Å². The summed E-state index contributed by atoms with van der Waals surface area (Å²) in [5.41, 5.74) is 4.96. The van der Waals surface area contributed by atoms with Crippen LogP contribution in [0.3, 0.4) is 0 Å². The smallest absolute Gasteiger partial charge is 0.233 e. The van der Waals surface area contributed by atoms with E-state index < -0.39 is 6.10 Å². The van der Waals surface area contributed by atoms with Crippen molar-refractivity contribution in [2.24, 2.45) is 5.73 Å². The van der Waals surface area contributed by atoms with Gasteiger partial charge in [0.25, 0.3) is 0 Å². The number of aliphatic hydroxyl groups is 1. The summed E-state index contributed by atoms with van der Waals surface area (Å²) in [4.78, 5) is 10.4. The predicted molar refractivity (Wildman–Crippen MR) is 33.7 cm³/mol. The molecule has 1 unspecified atom stereocenters. The zero-order chi connectivity index (χ0) is 7.28. The summed E-state index contributed by atoms with van der Waals surface area (Å²) in [6, 6.07) is 0. The van der Waals surface area contributed by atoms with Gasteiger partial charge in [0.15, 0.2) is 0 Å². The highest BCUT2D eigenvalue weighted by Crippen LogP contribution is 1.72. The van der Waals surface area contributed by atoms with E-state index in [-0.39, 0.29) is 19.0 Å². The number of rotatable bonds is 3. The first-order valence-corrected chi connectivity index (χ1v) is 2.81. The summed E-state index contributed by atoms with van der Waals surface area (Å²) in [6.45, 7) is 1.85. The molecule has 0 radical (unpaired) electrons. The fraction of sp³-hybridized carbons (Fsp3) is 0.800. The van der Waals surface area contributed by atoms with Gasteiger partial charge in [0.2, 0.25) is 5.91 Å². The number of nitrogens with two attached hydrogens (primary N) is 1. The molecule has 0 bridgehead atoms. The number of amides is 1. The van der Waals surface area contributed by atoms with Crippen LogP contribution >= 0.6 is 0 Å². The molecule has 4 nitrogen and oxygen atoms in total. The Kier molecular flexibility index (Phi) is 4.00. The summed E-state index contributed by atoms with van der Waals surface area (Å²) in [5, 5.41) is 11.1. The van der Waals surface area contributed by atoms with Crippen LogP contribution in [0.1, 0.15) is 6.92 Å². The zero-order valence-corrected chi connectivity index (χ0v) is 5.42. The Bertz CT molecular complexity index is 93.0. The van der Waals surface area contributed by atoms with Gasteiger partial charge in [0, 0.05) is 6.54 Å². The lowest BCUT2D eigenvalue weighted by Crippen LogP contribution is -2.35. The van der Waals surface area contributed by atoms with Crippen molar-refractivity contribution in [3.8, 4) is 0 Å². The average Bonchev–Trinajstić information content (AvgIpc) is 1.83. The Morgan fingerprint density at radius 1 is 1.89 bits per heavy atom. The normalized spacial score (nSPS) is 12.8. The Labute approximate surface area is 54.0 Å². The van der Waals surface area contributed by atoms with E-state index in [4.69, 9.17) is 10.8 Å². The minimum Gasteiger partial charge on any atom is -0.392 e. The van der Waals surface area contributed by atoms with Gasteiger partial charge in [-0.05, 0) is 6.92 Å². The van der Waals surface area contributed by atoms with Crippen LogP contribution in [0.15, 0.2) is 0 Å². The molecule has 0 saturated heterocycles. The third-order valence-electron chi connectivity index (χ3n) is 0.780. The Morgan fingerprint density at radius 3 is 2.78 bits per heavy atom. The van der Waals surface area contributed by atoms with Crippen LogP contribution in [0.5, 0.6) is 0 Å². The van der Waals surface area contributed by atoms with E-state index in [1.807, 2.05) is 0 Å². The summed E-state index contributed by atoms with van der Waals surface area (Å²) >= 11 is 0. The molecule has 0 aliphatic rings. The molecule has 0 aliphatic heterocycles. The Morgan fingerprint density at radius 2 is 2.44 bits per heavy atom. The van der Waals surface area contributed by atoms with Crippen LogP contribution in [0.25, 0.3) is 0 Å². The van der Waals surface area contributed by atoms with E-state index in [1.165, 1.54) is 0 Å². The van der Waals surface area contributed by atoms with Gasteiger partial charge in [0.1, 0.15) is 0 Å². The molecule has 4 heteroatoms. The SMILES string of the molecule is CC(O)CNC(=O)CN. The summed E-state index contributed by atoms with van der Waals surface area (Å²) in [7, 11) is 0. The predicted octanol–water partition coefficient (Wildman–Crippen LogP) is -1.56. The number of nitrogens with one attached hydrogen (secondary N) is 1. The molecule has 9 heavy (non-hydrogen) atoms.